The van der Waals surface area contributed by atoms with Gasteiger partial charge in [-0.25, -0.2) is 9.59 Å². The molecule has 290 valence electrons. The van der Waals surface area contributed by atoms with Gasteiger partial charge in [-0.2, -0.15) is 0 Å². The first-order valence-corrected chi connectivity index (χ1v) is 18.4. The number of halogens is 1. The summed E-state index contributed by atoms with van der Waals surface area (Å²) in [6.07, 6.45) is 2.02. The van der Waals surface area contributed by atoms with Crippen LogP contribution < -0.4 is 16.0 Å². The Hall–Kier alpha value is -4.20. The lowest BCUT2D eigenvalue weighted by molar-refractivity contribution is -0.136. The van der Waals surface area contributed by atoms with Crippen molar-refractivity contribution in [1.29, 1.82) is 0 Å². The fraction of sp³-hybridized carbons (Fsp3) is 0.564. The number of nitrogens with zero attached hydrogens (tertiary/aromatic N) is 2. The molecule has 2 heterocycles. The zero-order valence-corrected chi connectivity index (χ0v) is 32.9. The highest BCUT2D eigenvalue weighted by atomic mass is 35.5. The first-order chi connectivity index (χ1) is 24.7. The molecule has 14 heteroatoms. The van der Waals surface area contributed by atoms with Crippen LogP contribution in [0.25, 0.3) is 0 Å². The number of imide groups is 1. The Kier molecular flexibility index (Phi) is 13.6. The second-order valence-corrected chi connectivity index (χ2v) is 16.4. The van der Waals surface area contributed by atoms with E-state index >= 15 is 0 Å². The van der Waals surface area contributed by atoms with Gasteiger partial charge < -0.3 is 34.6 Å². The zero-order chi connectivity index (χ0) is 39.1. The van der Waals surface area contributed by atoms with Crippen LogP contribution >= 0.6 is 11.6 Å². The molecular weight excluding hydrogens is 702 g/mol. The Labute approximate surface area is 317 Å². The Morgan fingerprint density at radius 2 is 1.64 bits per heavy atom. The number of anilines is 1. The third kappa shape index (κ3) is 12.7. The number of fused-ring (bicyclic) bond motifs is 1. The summed E-state index contributed by atoms with van der Waals surface area (Å²) in [7, 11) is 1.72. The van der Waals surface area contributed by atoms with Crippen LogP contribution in [0, 0.1) is 0 Å². The average Bonchev–Trinajstić information content (AvgIpc) is 3.36. The van der Waals surface area contributed by atoms with Crippen LogP contribution in [0.4, 0.5) is 15.3 Å². The van der Waals surface area contributed by atoms with E-state index in [1.807, 2.05) is 66.7 Å². The number of piperidine rings is 1. The molecule has 1 saturated heterocycles. The van der Waals surface area contributed by atoms with Gasteiger partial charge in [0.05, 0.1) is 24.4 Å². The van der Waals surface area contributed by atoms with E-state index in [1.165, 1.54) is 4.90 Å². The monoisotopic (exact) mass is 755 g/mol. The molecule has 0 bridgehead atoms. The van der Waals surface area contributed by atoms with E-state index in [1.54, 1.807) is 30.1 Å². The van der Waals surface area contributed by atoms with E-state index < -0.39 is 34.8 Å². The van der Waals surface area contributed by atoms with Gasteiger partial charge in [0.2, 0.25) is 11.8 Å². The summed E-state index contributed by atoms with van der Waals surface area (Å²) in [5.41, 5.74) is 2.08. The van der Waals surface area contributed by atoms with Crippen LogP contribution in [0.5, 0.6) is 0 Å². The number of hydrogen-bond acceptors (Lipinski definition) is 8. The van der Waals surface area contributed by atoms with Gasteiger partial charge in [-0.3, -0.25) is 19.7 Å². The lowest BCUT2D eigenvalue weighted by Crippen LogP contribution is -2.52. The van der Waals surface area contributed by atoms with Crippen LogP contribution in [0.2, 0.25) is 5.02 Å². The predicted molar refractivity (Wildman–Crippen MR) is 202 cm³/mol. The molecule has 6 amide bonds. The second kappa shape index (κ2) is 17.3. The number of benzene rings is 2. The standard InChI is InChI=1S/C39H54ClN5O8/c1-37(2,3)53-36(50)44(8)16-14-38(4,5)52-18-15-39(6,7)51-17-13-25-20-28(40)22-29(21-25)42-35(49)41-23-26-9-10-30-27(19-26)24-45(34(30)48)31-11-12-32(46)43-33(31)47/h9-10,19-22,31H,11-18,23-24H2,1-8H3,(H2,41,42,49)(H,43,46,47). The Morgan fingerprint density at radius 3 is 2.34 bits per heavy atom. The van der Waals surface area contributed by atoms with Gasteiger partial charge in [-0.05, 0) is 115 Å². The van der Waals surface area contributed by atoms with E-state index in [-0.39, 0.29) is 37.4 Å². The number of urea groups is 1. The molecule has 2 aromatic rings. The van der Waals surface area contributed by atoms with Gasteiger partial charge in [0.1, 0.15) is 11.6 Å². The summed E-state index contributed by atoms with van der Waals surface area (Å²) in [6.45, 7) is 15.5. The van der Waals surface area contributed by atoms with E-state index in [4.69, 9.17) is 25.8 Å². The van der Waals surface area contributed by atoms with Gasteiger partial charge in [0.25, 0.3) is 5.91 Å². The molecule has 1 unspecified atom stereocenters. The molecule has 0 aliphatic carbocycles. The normalized spacial score (nSPS) is 16.3. The number of ether oxygens (including phenoxy) is 3. The summed E-state index contributed by atoms with van der Waals surface area (Å²) < 4.78 is 17.8. The van der Waals surface area contributed by atoms with Crippen LogP contribution in [0.3, 0.4) is 0 Å². The van der Waals surface area contributed by atoms with Gasteiger partial charge in [0.15, 0.2) is 0 Å². The highest BCUT2D eigenvalue weighted by molar-refractivity contribution is 6.31. The molecule has 1 fully saturated rings. The Bertz CT molecular complexity index is 1690. The number of rotatable bonds is 15. The van der Waals surface area contributed by atoms with Crippen molar-refractivity contribution in [3.63, 3.8) is 0 Å². The first-order valence-electron chi connectivity index (χ1n) is 18.0. The number of hydrogen-bond donors (Lipinski definition) is 3. The van der Waals surface area contributed by atoms with Gasteiger partial charge in [-0.1, -0.05) is 23.7 Å². The highest BCUT2D eigenvalue weighted by Crippen LogP contribution is 2.29. The fourth-order valence-corrected chi connectivity index (χ4v) is 6.25. The van der Waals surface area contributed by atoms with Crippen molar-refractivity contribution in [3.8, 4) is 0 Å². The molecule has 2 aliphatic heterocycles. The summed E-state index contributed by atoms with van der Waals surface area (Å²) in [6, 6.07) is 9.58. The molecule has 2 aliphatic rings. The fourth-order valence-electron chi connectivity index (χ4n) is 5.99. The maximum Gasteiger partial charge on any atom is 0.410 e. The summed E-state index contributed by atoms with van der Waals surface area (Å²) in [4.78, 5) is 65.0. The summed E-state index contributed by atoms with van der Waals surface area (Å²) in [5.74, 6) is -1.03. The molecule has 4 rings (SSSR count). The summed E-state index contributed by atoms with van der Waals surface area (Å²) >= 11 is 6.40. The van der Waals surface area contributed by atoms with Gasteiger partial charge >= 0.3 is 12.1 Å². The van der Waals surface area contributed by atoms with Crippen molar-refractivity contribution in [2.24, 2.45) is 0 Å². The maximum atomic E-state index is 13.0. The second-order valence-electron chi connectivity index (χ2n) is 15.9. The smallest absolute Gasteiger partial charge is 0.410 e. The minimum atomic E-state index is -0.684. The van der Waals surface area contributed by atoms with Gasteiger partial charge in [0, 0.05) is 49.4 Å². The van der Waals surface area contributed by atoms with Crippen molar-refractivity contribution >= 4 is 47.1 Å². The topological polar surface area (TPSA) is 156 Å². The largest absolute Gasteiger partial charge is 0.444 e. The predicted octanol–water partition coefficient (Wildman–Crippen LogP) is 6.20. The maximum absolute atomic E-state index is 13.0. The molecule has 0 radical (unpaired) electrons. The third-order valence-electron chi connectivity index (χ3n) is 9.09. The van der Waals surface area contributed by atoms with Crippen LogP contribution in [0.15, 0.2) is 36.4 Å². The number of carbonyl (C=O) groups excluding carboxylic acids is 5. The Morgan fingerprint density at radius 1 is 0.943 bits per heavy atom. The number of amides is 6. The zero-order valence-electron chi connectivity index (χ0n) is 32.2. The lowest BCUT2D eigenvalue weighted by Gasteiger charge is -2.31. The van der Waals surface area contributed by atoms with Crippen molar-refractivity contribution in [2.75, 3.05) is 32.1 Å². The van der Waals surface area contributed by atoms with Crippen molar-refractivity contribution in [1.82, 2.24) is 20.4 Å². The van der Waals surface area contributed by atoms with E-state index in [0.29, 0.717) is 61.7 Å². The molecule has 13 nitrogen and oxygen atoms in total. The number of carbonyl (C=O) groups is 5. The lowest BCUT2D eigenvalue weighted by atomic mass is 10.0. The minimum Gasteiger partial charge on any atom is -0.444 e. The van der Waals surface area contributed by atoms with Crippen LogP contribution in [0.1, 0.15) is 101 Å². The molecule has 1 atom stereocenters. The van der Waals surface area contributed by atoms with E-state index in [9.17, 15) is 24.0 Å². The van der Waals surface area contributed by atoms with Gasteiger partial charge in [-0.15, -0.1) is 0 Å². The number of nitrogens with one attached hydrogen (secondary N) is 3. The third-order valence-corrected chi connectivity index (χ3v) is 9.31. The van der Waals surface area contributed by atoms with E-state index in [2.05, 4.69) is 16.0 Å². The van der Waals surface area contributed by atoms with Crippen molar-refractivity contribution < 1.29 is 38.2 Å². The quantitative estimate of drug-likeness (QED) is 0.182. The molecule has 3 N–H and O–H groups in total. The summed E-state index contributed by atoms with van der Waals surface area (Å²) in [5, 5.41) is 8.47. The van der Waals surface area contributed by atoms with Crippen molar-refractivity contribution in [3.05, 3.63) is 63.7 Å². The first kappa shape index (κ1) is 41.6. The molecule has 53 heavy (non-hydrogen) atoms. The minimum absolute atomic E-state index is 0.191. The van der Waals surface area contributed by atoms with E-state index in [0.717, 1.165) is 16.7 Å². The molecular formula is C39H54ClN5O8. The highest BCUT2D eigenvalue weighted by Gasteiger charge is 2.39. The molecule has 0 spiro atoms. The Balaban J connectivity index is 1.19. The molecule has 0 saturated carbocycles. The van der Waals surface area contributed by atoms with Crippen molar-refractivity contribution in [2.45, 2.75) is 117 Å². The molecule has 0 aromatic heterocycles. The van der Waals surface area contributed by atoms with Crippen LogP contribution in [-0.4, -0.2) is 89.3 Å². The molecule has 2 aromatic carbocycles. The average molecular weight is 756 g/mol. The van der Waals surface area contributed by atoms with Crippen LogP contribution in [-0.2, 0) is 43.3 Å². The SMILES string of the molecule is CN(CCC(C)(C)OCCC(C)(C)OCCc1cc(Cl)cc(NC(=O)NCc2ccc3c(c2)CN(C2CCC(=O)NC2=O)C3=O)c1)C(=O)OC(C)(C)C.